The van der Waals surface area contributed by atoms with Crippen molar-refractivity contribution in [2.75, 3.05) is 26.2 Å². The minimum atomic E-state index is -0.771. The Kier molecular flexibility index (Phi) is 8.57. The van der Waals surface area contributed by atoms with E-state index in [4.69, 9.17) is 21.1 Å². The van der Waals surface area contributed by atoms with Crippen molar-refractivity contribution >= 4 is 17.7 Å². The van der Waals surface area contributed by atoms with E-state index in [1.807, 2.05) is 56.3 Å². The van der Waals surface area contributed by atoms with Crippen molar-refractivity contribution in [1.82, 2.24) is 10.6 Å². The van der Waals surface area contributed by atoms with Gasteiger partial charge in [0.25, 0.3) is 0 Å². The first-order valence-electron chi connectivity index (χ1n) is 9.16. The molecule has 0 bridgehead atoms. The largest absolute Gasteiger partial charge is 0.491 e. The second-order valence-electron chi connectivity index (χ2n) is 6.82. The van der Waals surface area contributed by atoms with Gasteiger partial charge in [0.15, 0.2) is 0 Å². The van der Waals surface area contributed by atoms with Crippen molar-refractivity contribution in [3.63, 3.8) is 0 Å². The summed E-state index contributed by atoms with van der Waals surface area (Å²) in [4.78, 5) is 12.0. The molecule has 0 radical (unpaired) electrons. The van der Waals surface area contributed by atoms with E-state index in [2.05, 4.69) is 10.6 Å². The third-order valence-corrected chi connectivity index (χ3v) is 4.28. The fraction of sp³-hybridized carbons (Fsp3) is 0.381. The summed E-state index contributed by atoms with van der Waals surface area (Å²) in [5, 5.41) is 16.3. The number of hydrogen-bond donors (Lipinski definition) is 3. The molecule has 0 spiro atoms. The average molecular weight is 407 g/mol. The molecule has 1 atom stereocenters. The number of hydrogen-bond acceptors (Lipinski definition) is 5. The maximum Gasteiger partial charge on any atom is 0.408 e. The minimum absolute atomic E-state index is 0.196. The number of benzene rings is 2. The summed E-state index contributed by atoms with van der Waals surface area (Å²) < 4.78 is 11.0. The summed E-state index contributed by atoms with van der Waals surface area (Å²) in [6.07, 6.45) is -1.15. The summed E-state index contributed by atoms with van der Waals surface area (Å²) in [7, 11) is 0. The Hall–Kier alpha value is -2.28. The van der Waals surface area contributed by atoms with Crippen LogP contribution in [0.5, 0.6) is 5.75 Å². The van der Waals surface area contributed by atoms with Crippen molar-refractivity contribution in [2.45, 2.75) is 25.6 Å². The number of nitrogens with one attached hydrogen (secondary N) is 2. The monoisotopic (exact) mass is 406 g/mol. The Morgan fingerprint density at radius 2 is 1.79 bits per heavy atom. The highest BCUT2D eigenvalue weighted by Gasteiger charge is 2.25. The normalized spacial score (nSPS) is 12.3. The van der Waals surface area contributed by atoms with Crippen molar-refractivity contribution in [3.05, 3.63) is 65.2 Å². The molecule has 0 aliphatic carbocycles. The summed E-state index contributed by atoms with van der Waals surface area (Å²) in [5.74, 6) is 0.717. The SMILES string of the molecule is CC(C)(OC(=O)NCCNCC(O)COc1ccccc1)c1ccc(Cl)cc1. The van der Waals surface area contributed by atoms with E-state index in [9.17, 15) is 9.90 Å². The van der Waals surface area contributed by atoms with Gasteiger partial charge in [0.05, 0.1) is 0 Å². The van der Waals surface area contributed by atoms with Crippen LogP contribution in [0.2, 0.25) is 5.02 Å². The zero-order valence-corrected chi connectivity index (χ0v) is 16.9. The van der Waals surface area contributed by atoms with Crippen LogP contribution in [-0.4, -0.2) is 43.5 Å². The number of carbonyl (C=O) groups excluding carboxylic acids is 1. The van der Waals surface area contributed by atoms with E-state index in [0.29, 0.717) is 30.4 Å². The van der Waals surface area contributed by atoms with Crippen LogP contribution in [0, 0.1) is 0 Å². The lowest BCUT2D eigenvalue weighted by molar-refractivity contribution is 0.0365. The minimum Gasteiger partial charge on any atom is -0.491 e. The number of amides is 1. The summed E-state index contributed by atoms with van der Waals surface area (Å²) in [6, 6.07) is 16.5. The molecule has 2 aromatic carbocycles. The standard InChI is InChI=1S/C21H27ClN2O4/c1-21(2,16-8-10-17(22)11-9-16)28-20(26)24-13-12-23-14-18(25)15-27-19-6-4-3-5-7-19/h3-11,18,23,25H,12-15H2,1-2H3,(H,24,26). The van der Waals surface area contributed by atoms with Gasteiger partial charge in [-0.25, -0.2) is 4.79 Å². The van der Waals surface area contributed by atoms with E-state index in [1.54, 1.807) is 12.1 Å². The van der Waals surface area contributed by atoms with Gasteiger partial charge in [-0.05, 0) is 43.7 Å². The molecule has 1 amide bonds. The molecule has 7 heteroatoms. The Balaban J connectivity index is 1.59. The van der Waals surface area contributed by atoms with Crippen LogP contribution < -0.4 is 15.4 Å². The van der Waals surface area contributed by atoms with Crippen LogP contribution in [0.15, 0.2) is 54.6 Å². The van der Waals surface area contributed by atoms with Crippen molar-refractivity contribution in [1.29, 1.82) is 0 Å². The molecule has 0 saturated heterocycles. The smallest absolute Gasteiger partial charge is 0.408 e. The Morgan fingerprint density at radius 1 is 1.11 bits per heavy atom. The van der Waals surface area contributed by atoms with E-state index in [1.165, 1.54) is 0 Å². The molecule has 1 unspecified atom stereocenters. The summed E-state index contributed by atoms with van der Waals surface area (Å²) >= 11 is 5.89. The summed E-state index contributed by atoms with van der Waals surface area (Å²) in [5.41, 5.74) is 0.0827. The number of aliphatic hydroxyl groups excluding tert-OH is 1. The molecule has 0 saturated carbocycles. The number of rotatable bonds is 10. The van der Waals surface area contributed by atoms with Gasteiger partial charge in [0.2, 0.25) is 0 Å². The van der Waals surface area contributed by atoms with Crippen molar-refractivity contribution in [3.8, 4) is 5.75 Å². The predicted octanol–water partition coefficient (Wildman–Crippen LogP) is 3.33. The van der Waals surface area contributed by atoms with Gasteiger partial charge in [-0.1, -0.05) is 41.9 Å². The number of alkyl carbamates (subject to hydrolysis) is 1. The third-order valence-electron chi connectivity index (χ3n) is 4.02. The van der Waals surface area contributed by atoms with Gasteiger partial charge in [-0.2, -0.15) is 0 Å². The molecule has 6 nitrogen and oxygen atoms in total. The van der Waals surface area contributed by atoms with Crippen LogP contribution in [-0.2, 0) is 10.3 Å². The molecular weight excluding hydrogens is 380 g/mol. The maximum atomic E-state index is 12.0. The van der Waals surface area contributed by atoms with Crippen LogP contribution in [0.25, 0.3) is 0 Å². The first-order chi connectivity index (χ1) is 13.4. The Labute approximate surface area is 170 Å². The van der Waals surface area contributed by atoms with Crippen LogP contribution in [0.1, 0.15) is 19.4 Å². The van der Waals surface area contributed by atoms with E-state index < -0.39 is 17.8 Å². The predicted molar refractivity (Wildman–Crippen MR) is 110 cm³/mol. The lowest BCUT2D eigenvalue weighted by atomic mass is 9.98. The molecular formula is C21H27ClN2O4. The first-order valence-corrected chi connectivity index (χ1v) is 9.54. The molecule has 152 valence electrons. The Morgan fingerprint density at radius 3 is 2.46 bits per heavy atom. The van der Waals surface area contributed by atoms with Gasteiger partial charge in [0, 0.05) is 24.7 Å². The highest BCUT2D eigenvalue weighted by molar-refractivity contribution is 6.30. The first kappa shape index (κ1) is 22.0. The molecule has 3 N–H and O–H groups in total. The van der Waals surface area contributed by atoms with E-state index in [-0.39, 0.29) is 6.61 Å². The lowest BCUT2D eigenvalue weighted by Crippen LogP contribution is -2.39. The van der Waals surface area contributed by atoms with Crippen LogP contribution in [0.3, 0.4) is 0 Å². The number of aliphatic hydroxyl groups is 1. The summed E-state index contributed by atoms with van der Waals surface area (Å²) in [6.45, 7) is 5.07. The highest BCUT2D eigenvalue weighted by atomic mass is 35.5. The second-order valence-corrected chi connectivity index (χ2v) is 7.25. The number of carbonyl (C=O) groups is 1. The molecule has 0 aromatic heterocycles. The zero-order valence-electron chi connectivity index (χ0n) is 16.2. The second kappa shape index (κ2) is 10.9. The third kappa shape index (κ3) is 7.76. The van der Waals surface area contributed by atoms with Crippen LogP contribution >= 0.6 is 11.6 Å². The maximum absolute atomic E-state index is 12.0. The molecule has 0 fully saturated rings. The fourth-order valence-corrected chi connectivity index (χ4v) is 2.59. The molecule has 2 rings (SSSR count). The average Bonchev–Trinajstić information content (AvgIpc) is 2.67. The number of para-hydroxylation sites is 1. The van der Waals surface area contributed by atoms with Crippen molar-refractivity contribution in [2.24, 2.45) is 0 Å². The quantitative estimate of drug-likeness (QED) is 0.527. The van der Waals surface area contributed by atoms with Gasteiger partial charge in [-0.3, -0.25) is 0 Å². The topological polar surface area (TPSA) is 79.8 Å². The van der Waals surface area contributed by atoms with Gasteiger partial charge in [0.1, 0.15) is 24.1 Å². The lowest BCUT2D eigenvalue weighted by Gasteiger charge is -2.25. The number of ether oxygens (including phenoxy) is 2. The molecule has 0 heterocycles. The van der Waals surface area contributed by atoms with E-state index in [0.717, 1.165) is 5.56 Å². The van der Waals surface area contributed by atoms with Gasteiger partial charge < -0.3 is 25.2 Å². The Bertz CT molecular complexity index is 723. The molecule has 2 aromatic rings. The van der Waals surface area contributed by atoms with Gasteiger partial charge >= 0.3 is 6.09 Å². The number of halogens is 1. The van der Waals surface area contributed by atoms with Gasteiger partial charge in [-0.15, -0.1) is 0 Å². The van der Waals surface area contributed by atoms with Crippen molar-refractivity contribution < 1.29 is 19.4 Å². The van der Waals surface area contributed by atoms with Crippen LogP contribution in [0.4, 0.5) is 4.79 Å². The molecule has 0 aliphatic rings. The van der Waals surface area contributed by atoms with E-state index >= 15 is 0 Å². The zero-order chi connectivity index (χ0) is 20.4. The fourth-order valence-electron chi connectivity index (χ4n) is 2.47. The molecule has 0 aliphatic heterocycles. The molecule has 28 heavy (non-hydrogen) atoms. The highest BCUT2D eigenvalue weighted by Crippen LogP contribution is 2.25.